The predicted octanol–water partition coefficient (Wildman–Crippen LogP) is 2.19. The van der Waals surface area contributed by atoms with Crippen molar-refractivity contribution in [3.05, 3.63) is 35.4 Å². The first kappa shape index (κ1) is 14.5. The molecule has 1 heterocycles. The molecule has 0 aliphatic carbocycles. The summed E-state index contributed by atoms with van der Waals surface area (Å²) in [5.74, 6) is 0. The first-order chi connectivity index (χ1) is 9.31. The lowest BCUT2D eigenvalue weighted by Crippen LogP contribution is -2.31. The van der Waals surface area contributed by atoms with E-state index in [9.17, 15) is 0 Å². The molecule has 106 valence electrons. The molecular formula is C16H26N2O. The molecule has 1 aromatic rings. The summed E-state index contributed by atoms with van der Waals surface area (Å²) >= 11 is 0. The fourth-order valence-corrected chi connectivity index (χ4v) is 2.62. The van der Waals surface area contributed by atoms with Crippen molar-refractivity contribution in [3.8, 4) is 0 Å². The normalized spacial score (nSPS) is 19.2. The van der Waals surface area contributed by atoms with Crippen LogP contribution in [-0.4, -0.2) is 37.2 Å². The van der Waals surface area contributed by atoms with Crippen LogP contribution < -0.4 is 5.73 Å². The van der Waals surface area contributed by atoms with Gasteiger partial charge in [-0.1, -0.05) is 31.2 Å². The molecule has 0 saturated carbocycles. The van der Waals surface area contributed by atoms with Gasteiger partial charge < -0.3 is 10.5 Å². The number of hydrogen-bond acceptors (Lipinski definition) is 3. The van der Waals surface area contributed by atoms with Gasteiger partial charge in [0.25, 0.3) is 0 Å². The number of benzene rings is 1. The SMILES string of the molecule is CCN(Cc1ccc(CCN)cc1)CC1CCCO1. The minimum atomic E-state index is 0.441. The van der Waals surface area contributed by atoms with Gasteiger partial charge in [-0.15, -0.1) is 0 Å². The molecule has 2 rings (SSSR count). The molecule has 2 N–H and O–H groups in total. The average molecular weight is 262 g/mol. The predicted molar refractivity (Wildman–Crippen MR) is 79.1 cm³/mol. The van der Waals surface area contributed by atoms with E-state index in [1.54, 1.807) is 0 Å². The molecule has 3 nitrogen and oxygen atoms in total. The van der Waals surface area contributed by atoms with Crippen molar-refractivity contribution in [3.63, 3.8) is 0 Å². The quantitative estimate of drug-likeness (QED) is 0.818. The van der Waals surface area contributed by atoms with Gasteiger partial charge in [0.15, 0.2) is 0 Å². The Bertz CT molecular complexity index is 358. The second kappa shape index (κ2) is 7.63. The number of ether oxygens (including phenoxy) is 1. The molecule has 1 fully saturated rings. The third kappa shape index (κ3) is 4.60. The van der Waals surface area contributed by atoms with E-state index in [0.29, 0.717) is 6.10 Å². The number of likely N-dealkylation sites (N-methyl/N-ethyl adjacent to an activating group) is 1. The van der Waals surface area contributed by atoms with Crippen LogP contribution in [0.4, 0.5) is 0 Å². The lowest BCUT2D eigenvalue weighted by atomic mass is 10.1. The Kier molecular flexibility index (Phi) is 5.83. The van der Waals surface area contributed by atoms with Crippen LogP contribution in [0.1, 0.15) is 30.9 Å². The van der Waals surface area contributed by atoms with Crippen LogP contribution in [0.25, 0.3) is 0 Å². The van der Waals surface area contributed by atoms with E-state index in [-0.39, 0.29) is 0 Å². The van der Waals surface area contributed by atoms with Crippen molar-refractivity contribution in [2.24, 2.45) is 5.73 Å². The van der Waals surface area contributed by atoms with Gasteiger partial charge in [0.05, 0.1) is 6.10 Å². The topological polar surface area (TPSA) is 38.5 Å². The zero-order valence-corrected chi connectivity index (χ0v) is 12.0. The Morgan fingerprint density at radius 1 is 1.26 bits per heavy atom. The van der Waals surface area contributed by atoms with Crippen LogP contribution in [0.3, 0.4) is 0 Å². The number of nitrogens with zero attached hydrogens (tertiary/aromatic N) is 1. The van der Waals surface area contributed by atoms with Crippen molar-refractivity contribution in [2.45, 2.75) is 38.8 Å². The molecule has 0 radical (unpaired) electrons. The molecular weight excluding hydrogens is 236 g/mol. The van der Waals surface area contributed by atoms with Gasteiger partial charge in [-0.05, 0) is 43.5 Å². The highest BCUT2D eigenvalue weighted by Gasteiger charge is 2.18. The Labute approximate surface area is 116 Å². The molecule has 0 amide bonds. The van der Waals surface area contributed by atoms with Gasteiger partial charge in [0, 0.05) is 19.7 Å². The standard InChI is InChI=1S/C16H26N2O/c1-2-18(13-16-4-3-11-19-16)12-15-7-5-14(6-8-15)9-10-17/h5-8,16H,2-4,9-13,17H2,1H3. The van der Waals surface area contributed by atoms with Crippen molar-refractivity contribution < 1.29 is 4.74 Å². The fourth-order valence-electron chi connectivity index (χ4n) is 2.62. The molecule has 1 aliphatic heterocycles. The van der Waals surface area contributed by atoms with Crippen LogP contribution in [-0.2, 0) is 17.7 Å². The maximum absolute atomic E-state index is 5.72. The lowest BCUT2D eigenvalue weighted by Gasteiger charge is -2.23. The van der Waals surface area contributed by atoms with E-state index < -0.39 is 0 Å². The van der Waals surface area contributed by atoms with Gasteiger partial charge in [-0.3, -0.25) is 4.90 Å². The van der Waals surface area contributed by atoms with Gasteiger partial charge in [0.1, 0.15) is 0 Å². The highest BCUT2D eigenvalue weighted by molar-refractivity contribution is 5.22. The summed E-state index contributed by atoms with van der Waals surface area (Å²) in [5, 5.41) is 0. The molecule has 0 bridgehead atoms. The Morgan fingerprint density at radius 2 is 2.00 bits per heavy atom. The molecule has 1 aromatic carbocycles. The first-order valence-electron chi connectivity index (χ1n) is 7.43. The van der Waals surface area contributed by atoms with Crippen molar-refractivity contribution in [1.29, 1.82) is 0 Å². The maximum atomic E-state index is 5.72. The zero-order chi connectivity index (χ0) is 13.5. The number of hydrogen-bond donors (Lipinski definition) is 1. The minimum absolute atomic E-state index is 0.441. The minimum Gasteiger partial charge on any atom is -0.377 e. The van der Waals surface area contributed by atoms with Gasteiger partial charge in [-0.2, -0.15) is 0 Å². The second-order valence-electron chi connectivity index (χ2n) is 5.32. The maximum Gasteiger partial charge on any atom is 0.0702 e. The zero-order valence-electron chi connectivity index (χ0n) is 12.0. The first-order valence-corrected chi connectivity index (χ1v) is 7.43. The molecule has 0 aromatic heterocycles. The van der Waals surface area contributed by atoms with E-state index in [1.807, 2.05) is 0 Å². The molecule has 19 heavy (non-hydrogen) atoms. The monoisotopic (exact) mass is 262 g/mol. The van der Waals surface area contributed by atoms with E-state index in [0.717, 1.165) is 39.2 Å². The third-order valence-electron chi connectivity index (χ3n) is 3.80. The summed E-state index contributed by atoms with van der Waals surface area (Å²) in [5.41, 5.74) is 8.27. The van der Waals surface area contributed by atoms with E-state index in [4.69, 9.17) is 10.5 Å². The Morgan fingerprint density at radius 3 is 2.58 bits per heavy atom. The number of nitrogens with two attached hydrogens (primary N) is 1. The number of rotatable bonds is 7. The average Bonchev–Trinajstić information content (AvgIpc) is 2.93. The highest BCUT2D eigenvalue weighted by Crippen LogP contribution is 2.15. The summed E-state index contributed by atoms with van der Waals surface area (Å²) in [6.07, 6.45) is 3.84. The van der Waals surface area contributed by atoms with E-state index in [2.05, 4.69) is 36.1 Å². The van der Waals surface area contributed by atoms with Gasteiger partial charge in [0.2, 0.25) is 0 Å². The van der Waals surface area contributed by atoms with Crippen LogP contribution in [0.15, 0.2) is 24.3 Å². The van der Waals surface area contributed by atoms with Crippen LogP contribution >= 0.6 is 0 Å². The fraction of sp³-hybridized carbons (Fsp3) is 0.625. The summed E-state index contributed by atoms with van der Waals surface area (Å²) in [4.78, 5) is 2.47. The summed E-state index contributed by atoms with van der Waals surface area (Å²) < 4.78 is 5.72. The summed E-state index contributed by atoms with van der Waals surface area (Å²) in [6.45, 7) is 7.03. The molecule has 0 spiro atoms. The molecule has 1 atom stereocenters. The largest absolute Gasteiger partial charge is 0.377 e. The van der Waals surface area contributed by atoms with Crippen LogP contribution in [0, 0.1) is 0 Å². The Balaban J connectivity index is 1.86. The highest BCUT2D eigenvalue weighted by atomic mass is 16.5. The van der Waals surface area contributed by atoms with Crippen LogP contribution in [0.5, 0.6) is 0 Å². The second-order valence-corrected chi connectivity index (χ2v) is 5.32. The smallest absolute Gasteiger partial charge is 0.0702 e. The molecule has 1 saturated heterocycles. The van der Waals surface area contributed by atoms with Crippen molar-refractivity contribution in [2.75, 3.05) is 26.2 Å². The third-order valence-corrected chi connectivity index (χ3v) is 3.80. The van der Waals surface area contributed by atoms with Crippen LogP contribution in [0.2, 0.25) is 0 Å². The molecule has 1 unspecified atom stereocenters. The van der Waals surface area contributed by atoms with Crippen molar-refractivity contribution >= 4 is 0 Å². The van der Waals surface area contributed by atoms with Crippen molar-refractivity contribution in [1.82, 2.24) is 4.90 Å². The lowest BCUT2D eigenvalue weighted by molar-refractivity contribution is 0.0725. The summed E-state index contributed by atoms with van der Waals surface area (Å²) in [7, 11) is 0. The molecule has 1 aliphatic rings. The molecule has 3 heteroatoms. The van der Waals surface area contributed by atoms with E-state index >= 15 is 0 Å². The van der Waals surface area contributed by atoms with E-state index in [1.165, 1.54) is 24.0 Å². The van der Waals surface area contributed by atoms with Gasteiger partial charge >= 0.3 is 0 Å². The Hall–Kier alpha value is -0.900. The summed E-state index contributed by atoms with van der Waals surface area (Å²) in [6, 6.07) is 8.84. The van der Waals surface area contributed by atoms with Gasteiger partial charge in [-0.25, -0.2) is 0 Å².